The van der Waals surface area contributed by atoms with E-state index in [9.17, 15) is 9.13 Å². The van der Waals surface area contributed by atoms with Crippen molar-refractivity contribution in [3.63, 3.8) is 0 Å². The Hall–Kier alpha value is -0.0000000000000000416. The number of hydrogen-bond acceptors (Lipinski definition) is 7. The second kappa shape index (κ2) is 29.0. The monoisotopic (exact) mass is 692 g/mol. The third-order valence-corrected chi connectivity index (χ3v) is 13.5. The molecule has 0 spiro atoms. The van der Waals surface area contributed by atoms with Crippen LogP contribution in [0.4, 0.5) is 0 Å². The SMILES string of the molecule is CCCCCCCCOP(=O)(OCCCCCCCC)c1cscc1P(=O)(OCCCCCCCC)OCCCCCCCC. The average molecular weight is 693 g/mol. The topological polar surface area (TPSA) is 71.1 Å². The van der Waals surface area contributed by atoms with Crippen LogP contribution in [0.5, 0.6) is 0 Å². The van der Waals surface area contributed by atoms with E-state index in [0.717, 1.165) is 77.0 Å². The van der Waals surface area contributed by atoms with Crippen molar-refractivity contribution in [1.29, 1.82) is 0 Å². The van der Waals surface area contributed by atoms with Crippen molar-refractivity contribution in [2.75, 3.05) is 26.4 Å². The Kier molecular flexibility index (Phi) is 27.7. The highest BCUT2D eigenvalue weighted by atomic mass is 32.1. The van der Waals surface area contributed by atoms with Gasteiger partial charge in [-0.05, 0) is 25.7 Å². The molecule has 0 saturated heterocycles. The van der Waals surface area contributed by atoms with E-state index in [2.05, 4.69) is 27.7 Å². The van der Waals surface area contributed by atoms with Gasteiger partial charge in [-0.2, -0.15) is 11.3 Å². The lowest BCUT2D eigenvalue weighted by Crippen LogP contribution is -2.26. The van der Waals surface area contributed by atoms with Gasteiger partial charge in [0.15, 0.2) is 0 Å². The number of hydrogen-bond donors (Lipinski definition) is 0. The van der Waals surface area contributed by atoms with E-state index < -0.39 is 15.2 Å². The maximum atomic E-state index is 14.5. The Bertz CT molecular complexity index is 780. The molecule has 0 fully saturated rings. The minimum atomic E-state index is -3.72. The smallest absolute Gasteiger partial charge is 0.305 e. The van der Waals surface area contributed by atoms with Crippen LogP contribution in [0.1, 0.15) is 182 Å². The summed E-state index contributed by atoms with van der Waals surface area (Å²) in [5.74, 6) is 0. The molecule has 45 heavy (non-hydrogen) atoms. The van der Waals surface area contributed by atoms with Crippen molar-refractivity contribution in [1.82, 2.24) is 0 Å². The average Bonchev–Trinajstić information content (AvgIpc) is 3.55. The highest BCUT2D eigenvalue weighted by Gasteiger charge is 2.40. The molecule has 9 heteroatoms. The summed E-state index contributed by atoms with van der Waals surface area (Å²) in [6.07, 6.45) is 26.7. The van der Waals surface area contributed by atoms with Crippen molar-refractivity contribution in [3.05, 3.63) is 10.8 Å². The molecule has 1 aromatic heterocycles. The minimum absolute atomic E-state index is 0.358. The molecule has 0 aromatic carbocycles. The Balaban J connectivity index is 3.02. The summed E-state index contributed by atoms with van der Waals surface area (Å²) >= 11 is 1.37. The van der Waals surface area contributed by atoms with Crippen LogP contribution in [0.3, 0.4) is 0 Å². The first-order chi connectivity index (χ1) is 22.0. The molecular formula is C36H70O6P2S. The second-order valence-corrected chi connectivity index (χ2v) is 17.3. The van der Waals surface area contributed by atoms with Crippen molar-refractivity contribution in [2.45, 2.75) is 182 Å². The molecule has 0 atom stereocenters. The van der Waals surface area contributed by atoms with E-state index in [-0.39, 0.29) is 0 Å². The van der Waals surface area contributed by atoms with Crippen LogP contribution in [0.2, 0.25) is 0 Å². The van der Waals surface area contributed by atoms with Crippen LogP contribution >= 0.6 is 26.5 Å². The molecule has 1 rings (SSSR count). The molecule has 1 aromatic rings. The molecule has 266 valence electrons. The summed E-state index contributed by atoms with van der Waals surface area (Å²) in [5.41, 5.74) is 0. The van der Waals surface area contributed by atoms with Gasteiger partial charge in [-0.1, -0.05) is 156 Å². The largest absolute Gasteiger partial charge is 0.363 e. The number of unbranched alkanes of at least 4 members (excludes halogenated alkanes) is 20. The van der Waals surface area contributed by atoms with Crippen LogP contribution in [0.25, 0.3) is 0 Å². The van der Waals surface area contributed by atoms with Crippen LogP contribution < -0.4 is 10.6 Å². The van der Waals surface area contributed by atoms with Gasteiger partial charge in [0.2, 0.25) is 0 Å². The van der Waals surface area contributed by atoms with Crippen molar-refractivity contribution < 1.29 is 27.2 Å². The van der Waals surface area contributed by atoms with Crippen LogP contribution in [0, 0.1) is 0 Å². The zero-order chi connectivity index (χ0) is 32.9. The normalized spacial score (nSPS) is 12.4. The highest BCUT2D eigenvalue weighted by molar-refractivity contribution is 7.69. The number of rotatable bonds is 34. The molecule has 0 bridgehead atoms. The summed E-state index contributed by atoms with van der Waals surface area (Å²) in [4.78, 5) is 0. The third kappa shape index (κ3) is 20.2. The lowest BCUT2D eigenvalue weighted by atomic mass is 10.1. The van der Waals surface area contributed by atoms with Gasteiger partial charge < -0.3 is 18.1 Å². The Labute approximate surface area is 282 Å². The van der Waals surface area contributed by atoms with Gasteiger partial charge in [0.1, 0.15) is 0 Å². The molecule has 1 heterocycles. The molecular weight excluding hydrogens is 622 g/mol. The van der Waals surface area contributed by atoms with E-state index in [1.807, 2.05) is 0 Å². The zero-order valence-corrected chi connectivity index (χ0v) is 32.3. The summed E-state index contributed by atoms with van der Waals surface area (Å²) in [6, 6.07) is 0. The molecule has 0 aliphatic carbocycles. The first-order valence-electron chi connectivity index (χ1n) is 18.8. The molecule has 0 unspecified atom stereocenters. The third-order valence-electron chi connectivity index (χ3n) is 8.25. The second-order valence-electron chi connectivity index (χ2n) is 12.5. The van der Waals surface area contributed by atoms with Gasteiger partial charge in [-0.15, -0.1) is 0 Å². The van der Waals surface area contributed by atoms with Gasteiger partial charge in [-0.3, -0.25) is 9.13 Å². The van der Waals surface area contributed by atoms with E-state index in [1.54, 1.807) is 10.8 Å². The molecule has 0 saturated carbocycles. The van der Waals surface area contributed by atoms with E-state index in [4.69, 9.17) is 18.1 Å². The predicted molar refractivity (Wildman–Crippen MR) is 196 cm³/mol. The van der Waals surface area contributed by atoms with E-state index >= 15 is 0 Å². The fourth-order valence-electron chi connectivity index (χ4n) is 5.31. The molecule has 0 N–H and O–H groups in total. The fourth-order valence-corrected chi connectivity index (χ4v) is 11.1. The van der Waals surface area contributed by atoms with Crippen molar-refractivity contribution in [3.8, 4) is 0 Å². The summed E-state index contributed by atoms with van der Waals surface area (Å²) in [5, 5.41) is 4.32. The van der Waals surface area contributed by atoms with Gasteiger partial charge in [0.25, 0.3) is 0 Å². The van der Waals surface area contributed by atoms with Gasteiger partial charge >= 0.3 is 15.2 Å². The molecule has 0 amide bonds. The maximum Gasteiger partial charge on any atom is 0.363 e. The Morgan fingerprint density at radius 1 is 0.400 bits per heavy atom. The Morgan fingerprint density at radius 3 is 0.867 bits per heavy atom. The molecule has 0 aliphatic rings. The minimum Gasteiger partial charge on any atom is -0.305 e. The van der Waals surface area contributed by atoms with Gasteiger partial charge in [0, 0.05) is 10.8 Å². The zero-order valence-electron chi connectivity index (χ0n) is 29.7. The maximum absolute atomic E-state index is 14.5. The first kappa shape index (κ1) is 43.0. The number of thiophene rings is 1. The highest BCUT2D eigenvalue weighted by Crippen LogP contribution is 2.54. The first-order valence-corrected chi connectivity index (χ1v) is 22.9. The lowest BCUT2D eigenvalue weighted by molar-refractivity contribution is 0.203. The van der Waals surface area contributed by atoms with Crippen molar-refractivity contribution in [2.24, 2.45) is 0 Å². The molecule has 6 nitrogen and oxygen atoms in total. The van der Waals surface area contributed by atoms with Crippen molar-refractivity contribution >= 4 is 37.1 Å². The van der Waals surface area contributed by atoms with Gasteiger partial charge in [0.05, 0.1) is 37.0 Å². The predicted octanol–water partition coefficient (Wildman–Crippen LogP) is 12.9. The standard InChI is InChI=1S/C36H70O6P2S/c1-5-9-13-17-21-25-29-39-43(37,40-30-26-22-18-14-10-6-2)35-33-45-34-36(35)44(38,41-31-27-23-19-15-11-7-3)42-32-28-24-20-16-12-8-4/h33-34H,5-32H2,1-4H3. The summed E-state index contributed by atoms with van der Waals surface area (Å²) < 4.78 is 53.5. The Morgan fingerprint density at radius 2 is 0.622 bits per heavy atom. The van der Waals surface area contributed by atoms with Crippen LogP contribution in [-0.4, -0.2) is 26.4 Å². The van der Waals surface area contributed by atoms with Crippen LogP contribution in [0.15, 0.2) is 10.8 Å². The van der Waals surface area contributed by atoms with E-state index in [1.165, 1.54) is 88.4 Å². The fraction of sp³-hybridized carbons (Fsp3) is 0.889. The lowest BCUT2D eigenvalue weighted by Gasteiger charge is -2.23. The summed E-state index contributed by atoms with van der Waals surface area (Å²) in [7, 11) is -7.43. The quantitative estimate of drug-likeness (QED) is 0.0529. The molecule has 0 aliphatic heterocycles. The van der Waals surface area contributed by atoms with Crippen LogP contribution in [-0.2, 0) is 27.2 Å². The molecule has 0 radical (unpaired) electrons. The van der Waals surface area contributed by atoms with Gasteiger partial charge in [-0.25, -0.2) is 0 Å². The van der Waals surface area contributed by atoms with E-state index in [0.29, 0.717) is 37.0 Å². The summed E-state index contributed by atoms with van der Waals surface area (Å²) in [6.45, 7) is 10.3.